The van der Waals surface area contributed by atoms with E-state index in [0.717, 1.165) is 11.4 Å². The lowest BCUT2D eigenvalue weighted by Gasteiger charge is -2.16. The summed E-state index contributed by atoms with van der Waals surface area (Å²) in [5.41, 5.74) is 1.18. The molecule has 26 heavy (non-hydrogen) atoms. The Morgan fingerprint density at radius 1 is 1.23 bits per heavy atom. The number of hydrogen-bond donors (Lipinski definition) is 3. The second kappa shape index (κ2) is 6.30. The van der Waals surface area contributed by atoms with Gasteiger partial charge in [-0.15, -0.1) is 0 Å². The number of aromatic amines is 1. The van der Waals surface area contributed by atoms with Gasteiger partial charge in [-0.05, 0) is 42.5 Å². The van der Waals surface area contributed by atoms with E-state index in [-0.39, 0.29) is 16.7 Å². The molecular weight excluding hydrogens is 354 g/mol. The Hall–Kier alpha value is -3.13. The molecule has 3 heterocycles. The molecule has 7 nitrogen and oxygen atoms in total. The molecule has 4 rings (SSSR count). The van der Waals surface area contributed by atoms with Crippen LogP contribution in [-0.2, 0) is 0 Å². The van der Waals surface area contributed by atoms with Crippen LogP contribution < -0.4 is 15.7 Å². The molecule has 0 bridgehead atoms. The summed E-state index contributed by atoms with van der Waals surface area (Å²) in [7, 11) is 0. The minimum Gasteiger partial charge on any atom is -0.499 e. The molecule has 1 atom stereocenters. The van der Waals surface area contributed by atoms with E-state index in [9.17, 15) is 14.7 Å². The Kier molecular flexibility index (Phi) is 3.96. The van der Waals surface area contributed by atoms with Gasteiger partial charge in [0.1, 0.15) is 17.1 Å². The van der Waals surface area contributed by atoms with Crippen molar-refractivity contribution in [3.05, 3.63) is 73.5 Å². The minimum atomic E-state index is -0.654. The SMILES string of the molecule is Cc1ccc(C2CC(c3c(O)sc(=O)[nH]c3=O)=Nc3ccccc3N2)o1. The quantitative estimate of drug-likeness (QED) is 0.643. The van der Waals surface area contributed by atoms with Crippen LogP contribution in [0.5, 0.6) is 5.06 Å². The van der Waals surface area contributed by atoms with Crippen LogP contribution >= 0.6 is 11.3 Å². The molecule has 3 N–H and O–H groups in total. The average Bonchev–Trinajstić information content (AvgIpc) is 2.92. The highest BCUT2D eigenvalue weighted by molar-refractivity contribution is 7.11. The third kappa shape index (κ3) is 2.95. The summed E-state index contributed by atoms with van der Waals surface area (Å²) in [6.45, 7) is 1.86. The first-order valence-electron chi connectivity index (χ1n) is 7.97. The van der Waals surface area contributed by atoms with Crippen molar-refractivity contribution in [2.24, 2.45) is 4.99 Å². The van der Waals surface area contributed by atoms with Crippen molar-refractivity contribution in [1.29, 1.82) is 0 Å². The number of benzene rings is 1. The number of anilines is 1. The molecular formula is C18H15N3O4S. The molecule has 8 heteroatoms. The number of furan rings is 1. The van der Waals surface area contributed by atoms with Gasteiger partial charge in [-0.2, -0.15) is 0 Å². The monoisotopic (exact) mass is 369 g/mol. The lowest BCUT2D eigenvalue weighted by Crippen LogP contribution is -2.25. The first kappa shape index (κ1) is 16.3. The smallest absolute Gasteiger partial charge is 0.310 e. The van der Waals surface area contributed by atoms with Crippen LogP contribution in [0.1, 0.15) is 29.5 Å². The summed E-state index contributed by atoms with van der Waals surface area (Å²) in [5, 5.41) is 13.2. The van der Waals surface area contributed by atoms with E-state index in [1.165, 1.54) is 0 Å². The number of aliphatic imine (C=N–C) groups is 1. The predicted molar refractivity (Wildman–Crippen MR) is 99.9 cm³/mol. The highest BCUT2D eigenvalue weighted by Crippen LogP contribution is 2.36. The fourth-order valence-electron chi connectivity index (χ4n) is 2.96. The molecule has 3 aromatic rings. The maximum atomic E-state index is 12.3. The van der Waals surface area contributed by atoms with E-state index in [4.69, 9.17) is 4.42 Å². The van der Waals surface area contributed by atoms with Crippen molar-refractivity contribution < 1.29 is 9.52 Å². The Bertz CT molecular complexity index is 1130. The van der Waals surface area contributed by atoms with Crippen molar-refractivity contribution in [3.63, 3.8) is 0 Å². The predicted octanol–water partition coefficient (Wildman–Crippen LogP) is 3.08. The highest BCUT2D eigenvalue weighted by atomic mass is 32.1. The second-order valence-corrected chi connectivity index (χ2v) is 6.91. The van der Waals surface area contributed by atoms with Gasteiger partial charge in [0.25, 0.3) is 5.56 Å². The number of H-pyrrole nitrogens is 1. The number of para-hydroxylation sites is 2. The van der Waals surface area contributed by atoms with Crippen LogP contribution in [0.25, 0.3) is 0 Å². The van der Waals surface area contributed by atoms with Gasteiger partial charge >= 0.3 is 4.87 Å². The van der Waals surface area contributed by atoms with Crippen molar-refractivity contribution in [2.45, 2.75) is 19.4 Å². The van der Waals surface area contributed by atoms with Gasteiger partial charge < -0.3 is 14.8 Å². The molecule has 0 saturated heterocycles. The van der Waals surface area contributed by atoms with Crippen molar-refractivity contribution in [1.82, 2.24) is 4.98 Å². The molecule has 132 valence electrons. The van der Waals surface area contributed by atoms with E-state index >= 15 is 0 Å². The molecule has 0 amide bonds. The fourth-order valence-corrected chi connectivity index (χ4v) is 3.59. The molecule has 0 fully saturated rings. The Morgan fingerprint density at radius 2 is 2.04 bits per heavy atom. The van der Waals surface area contributed by atoms with E-state index in [1.807, 2.05) is 43.3 Å². The minimum absolute atomic E-state index is 0.0152. The summed E-state index contributed by atoms with van der Waals surface area (Å²) in [5.74, 6) is 1.48. The topological polar surface area (TPSA) is 108 Å². The lowest BCUT2D eigenvalue weighted by atomic mass is 10.0. The molecule has 2 aromatic heterocycles. The summed E-state index contributed by atoms with van der Waals surface area (Å²) in [4.78, 5) is 29.9. The first-order valence-corrected chi connectivity index (χ1v) is 8.79. The van der Waals surface area contributed by atoms with Gasteiger partial charge in [-0.25, -0.2) is 0 Å². The number of aromatic nitrogens is 1. The Balaban J connectivity index is 1.89. The Morgan fingerprint density at radius 3 is 2.77 bits per heavy atom. The molecule has 0 spiro atoms. The van der Waals surface area contributed by atoms with E-state index in [0.29, 0.717) is 34.9 Å². The van der Waals surface area contributed by atoms with Crippen LogP contribution in [0.4, 0.5) is 11.4 Å². The largest absolute Gasteiger partial charge is 0.499 e. The average molecular weight is 369 g/mol. The summed E-state index contributed by atoms with van der Waals surface area (Å²) < 4.78 is 5.74. The second-order valence-electron chi connectivity index (χ2n) is 5.95. The van der Waals surface area contributed by atoms with Crippen molar-refractivity contribution in [3.8, 4) is 5.06 Å². The number of nitrogens with zero attached hydrogens (tertiary/aromatic N) is 1. The van der Waals surface area contributed by atoms with Gasteiger partial charge in [0.15, 0.2) is 5.06 Å². The zero-order chi connectivity index (χ0) is 18.3. The molecule has 1 aliphatic heterocycles. The van der Waals surface area contributed by atoms with E-state index in [1.54, 1.807) is 0 Å². The van der Waals surface area contributed by atoms with E-state index in [2.05, 4.69) is 15.3 Å². The lowest BCUT2D eigenvalue weighted by molar-refractivity contribution is 0.460. The van der Waals surface area contributed by atoms with Gasteiger partial charge in [0, 0.05) is 6.42 Å². The number of aromatic hydroxyl groups is 1. The molecule has 0 aliphatic carbocycles. The number of fused-ring (bicyclic) bond motifs is 1. The van der Waals surface area contributed by atoms with Crippen molar-refractivity contribution >= 4 is 28.4 Å². The molecule has 0 radical (unpaired) electrons. The maximum absolute atomic E-state index is 12.3. The van der Waals surface area contributed by atoms with Crippen LogP contribution in [0.3, 0.4) is 0 Å². The summed E-state index contributed by atoms with van der Waals surface area (Å²) in [6, 6.07) is 10.9. The van der Waals surface area contributed by atoms with Crippen LogP contribution in [0, 0.1) is 6.92 Å². The summed E-state index contributed by atoms with van der Waals surface area (Å²) >= 11 is 0.576. The third-order valence-corrected chi connectivity index (χ3v) is 4.81. The van der Waals surface area contributed by atoms with Gasteiger partial charge in [0.05, 0.1) is 23.1 Å². The number of hydrogen-bond acceptors (Lipinski definition) is 7. The van der Waals surface area contributed by atoms with Crippen LogP contribution in [-0.4, -0.2) is 15.8 Å². The standard InChI is InChI=1S/C18H15N3O4S/c1-9-6-7-14(25-9)12-8-13(15-16(22)21-18(24)26-17(15)23)20-11-5-3-2-4-10(11)19-12/h2-7,12,19,23H,8H2,1H3,(H,21,22,24). The molecule has 1 unspecified atom stereocenters. The Labute approximate surface area is 151 Å². The zero-order valence-corrected chi connectivity index (χ0v) is 14.6. The van der Waals surface area contributed by atoms with E-state index < -0.39 is 10.4 Å². The van der Waals surface area contributed by atoms with Crippen LogP contribution in [0.2, 0.25) is 0 Å². The van der Waals surface area contributed by atoms with Gasteiger partial charge in [-0.1, -0.05) is 12.1 Å². The van der Waals surface area contributed by atoms with Gasteiger partial charge in [0.2, 0.25) is 0 Å². The molecule has 0 saturated carbocycles. The van der Waals surface area contributed by atoms with Crippen molar-refractivity contribution in [2.75, 3.05) is 5.32 Å². The third-order valence-electron chi connectivity index (χ3n) is 4.13. The fraction of sp³-hybridized carbons (Fsp3) is 0.167. The number of aryl methyl sites for hydroxylation is 1. The summed E-state index contributed by atoms with van der Waals surface area (Å²) in [6.07, 6.45) is 0.309. The number of rotatable bonds is 2. The highest BCUT2D eigenvalue weighted by Gasteiger charge is 2.26. The molecule has 1 aromatic carbocycles. The zero-order valence-electron chi connectivity index (χ0n) is 13.8. The van der Waals surface area contributed by atoms with Gasteiger partial charge in [-0.3, -0.25) is 19.6 Å². The number of nitrogens with one attached hydrogen (secondary N) is 2. The maximum Gasteiger partial charge on any atom is 0.310 e. The molecule has 1 aliphatic rings. The normalized spacial score (nSPS) is 16.3. The van der Waals surface area contributed by atoms with Crippen LogP contribution in [0.15, 0.2) is 55.4 Å². The first-order chi connectivity index (χ1) is 12.5.